The van der Waals surface area contributed by atoms with Crippen LogP contribution in [0.1, 0.15) is 12.0 Å². The number of anilines is 2. The van der Waals surface area contributed by atoms with Crippen LogP contribution in [0.5, 0.6) is 0 Å². The van der Waals surface area contributed by atoms with Gasteiger partial charge in [0.25, 0.3) is 0 Å². The summed E-state index contributed by atoms with van der Waals surface area (Å²) in [5.41, 5.74) is 7.27. The predicted octanol–water partition coefficient (Wildman–Crippen LogP) is 3.28. The van der Waals surface area contributed by atoms with Crippen molar-refractivity contribution in [2.45, 2.75) is 6.42 Å². The average molecular weight is 344 g/mol. The van der Waals surface area contributed by atoms with Gasteiger partial charge in [0.1, 0.15) is 0 Å². The maximum Gasteiger partial charge on any atom is 0.248 e. The maximum absolute atomic E-state index is 11.9. The number of nitrogens with two attached hydrogens (primary N) is 1. The maximum atomic E-state index is 11.9. The fraction of sp³-hybridized carbons (Fsp3) is 0.111. The van der Waals surface area contributed by atoms with E-state index in [4.69, 9.17) is 17.3 Å². The topological polar surface area (TPSA) is 84.2 Å². The molecule has 0 aliphatic heterocycles. The van der Waals surface area contributed by atoms with Crippen LogP contribution in [0.15, 0.2) is 54.6 Å². The molecule has 5 nitrogen and oxygen atoms in total. The molecule has 0 spiro atoms. The molecule has 124 valence electrons. The van der Waals surface area contributed by atoms with Crippen LogP contribution in [-0.4, -0.2) is 18.4 Å². The zero-order chi connectivity index (χ0) is 17.4. The first-order valence-corrected chi connectivity index (χ1v) is 7.80. The molecule has 0 radical (unpaired) electrons. The normalized spacial score (nSPS) is 10.6. The Morgan fingerprint density at radius 1 is 1.08 bits per heavy atom. The van der Waals surface area contributed by atoms with E-state index in [0.29, 0.717) is 16.4 Å². The van der Waals surface area contributed by atoms with Gasteiger partial charge in [0.2, 0.25) is 11.8 Å². The molecule has 0 bridgehead atoms. The van der Waals surface area contributed by atoms with Gasteiger partial charge in [0.05, 0.1) is 10.7 Å². The van der Waals surface area contributed by atoms with Crippen LogP contribution in [0, 0.1) is 0 Å². The highest BCUT2D eigenvalue weighted by atomic mass is 35.5. The second-order valence-electron chi connectivity index (χ2n) is 5.01. The van der Waals surface area contributed by atoms with Crippen molar-refractivity contribution >= 4 is 40.9 Å². The van der Waals surface area contributed by atoms with Gasteiger partial charge in [-0.25, -0.2) is 0 Å². The minimum Gasteiger partial charge on any atom is -0.330 e. The molecule has 0 fully saturated rings. The van der Waals surface area contributed by atoms with Crippen LogP contribution in [0.25, 0.3) is 6.08 Å². The summed E-state index contributed by atoms with van der Waals surface area (Å²) in [7, 11) is 0. The molecule has 2 aromatic rings. The summed E-state index contributed by atoms with van der Waals surface area (Å²) >= 11 is 6.14. The lowest BCUT2D eigenvalue weighted by Crippen LogP contribution is -2.16. The minimum absolute atomic E-state index is 0.184. The van der Waals surface area contributed by atoms with E-state index >= 15 is 0 Å². The van der Waals surface area contributed by atoms with E-state index in [1.54, 1.807) is 24.3 Å². The molecule has 0 aromatic heterocycles. The summed E-state index contributed by atoms with van der Waals surface area (Å²) in [4.78, 5) is 23.4. The lowest BCUT2D eigenvalue weighted by Gasteiger charge is -2.09. The van der Waals surface area contributed by atoms with E-state index in [1.807, 2.05) is 30.3 Å². The third kappa shape index (κ3) is 5.53. The van der Waals surface area contributed by atoms with Crippen LogP contribution in [0.3, 0.4) is 0 Å². The highest BCUT2D eigenvalue weighted by molar-refractivity contribution is 6.34. The molecule has 0 saturated heterocycles. The third-order valence-electron chi connectivity index (χ3n) is 3.11. The molecule has 0 heterocycles. The molecule has 0 saturated carbocycles. The zero-order valence-electron chi connectivity index (χ0n) is 13.0. The van der Waals surface area contributed by atoms with E-state index in [1.165, 1.54) is 6.08 Å². The van der Waals surface area contributed by atoms with Crippen LogP contribution in [0.2, 0.25) is 5.02 Å². The number of hydrogen-bond donors (Lipinski definition) is 3. The molecule has 2 rings (SSSR count). The van der Waals surface area contributed by atoms with E-state index < -0.39 is 0 Å². The van der Waals surface area contributed by atoms with Crippen molar-refractivity contribution in [1.82, 2.24) is 0 Å². The Morgan fingerprint density at radius 3 is 2.50 bits per heavy atom. The quantitative estimate of drug-likeness (QED) is 0.704. The summed E-state index contributed by atoms with van der Waals surface area (Å²) in [5, 5.41) is 5.71. The first kappa shape index (κ1) is 17.7. The fourth-order valence-electron chi connectivity index (χ4n) is 1.96. The van der Waals surface area contributed by atoms with Crippen molar-refractivity contribution in [3.05, 3.63) is 65.2 Å². The summed E-state index contributed by atoms with van der Waals surface area (Å²) in [5.74, 6) is -0.475. The van der Waals surface area contributed by atoms with E-state index in [9.17, 15) is 9.59 Å². The molecule has 4 N–H and O–H groups in total. The monoisotopic (exact) mass is 343 g/mol. The average Bonchev–Trinajstić information content (AvgIpc) is 2.57. The van der Waals surface area contributed by atoms with Crippen LogP contribution < -0.4 is 16.4 Å². The van der Waals surface area contributed by atoms with Crippen molar-refractivity contribution in [3.63, 3.8) is 0 Å². The number of carbonyl (C=O) groups excluding carboxylic acids is 2. The van der Waals surface area contributed by atoms with Crippen LogP contribution >= 0.6 is 11.6 Å². The summed E-state index contributed by atoms with van der Waals surface area (Å²) < 4.78 is 0. The largest absolute Gasteiger partial charge is 0.330 e. The fourth-order valence-corrected chi connectivity index (χ4v) is 2.19. The molecule has 0 aliphatic rings. The summed E-state index contributed by atoms with van der Waals surface area (Å²) in [6, 6.07) is 14.4. The number of rotatable bonds is 6. The second-order valence-corrected chi connectivity index (χ2v) is 5.42. The molecule has 0 aliphatic carbocycles. The number of nitrogens with one attached hydrogen (secondary N) is 2. The third-order valence-corrected chi connectivity index (χ3v) is 3.42. The van der Waals surface area contributed by atoms with Crippen molar-refractivity contribution in [1.29, 1.82) is 0 Å². The Kier molecular flexibility index (Phi) is 6.54. The highest BCUT2D eigenvalue weighted by Gasteiger charge is 2.06. The first-order valence-electron chi connectivity index (χ1n) is 7.42. The minimum atomic E-state index is -0.291. The number of carbonyl (C=O) groups is 2. The Morgan fingerprint density at radius 2 is 1.83 bits per heavy atom. The number of hydrogen-bond acceptors (Lipinski definition) is 3. The van der Waals surface area contributed by atoms with Gasteiger partial charge in [-0.3, -0.25) is 9.59 Å². The molecule has 24 heavy (non-hydrogen) atoms. The smallest absolute Gasteiger partial charge is 0.248 e. The second kappa shape index (κ2) is 8.86. The molecular weight excluding hydrogens is 326 g/mol. The Hall–Kier alpha value is -2.63. The Labute approximate surface area is 145 Å². The van der Waals surface area contributed by atoms with E-state index in [0.717, 1.165) is 5.56 Å². The highest BCUT2D eigenvalue weighted by Crippen LogP contribution is 2.25. The lowest BCUT2D eigenvalue weighted by atomic mass is 10.2. The zero-order valence-corrected chi connectivity index (χ0v) is 13.7. The first-order chi connectivity index (χ1) is 11.6. The summed E-state index contributed by atoms with van der Waals surface area (Å²) in [6.45, 7) is 0.279. The standard InChI is InChI=1S/C18H18ClN3O2/c19-15-12-14(21-18(24)10-11-20)7-8-16(15)22-17(23)9-6-13-4-2-1-3-5-13/h1-9,12H,10-11,20H2,(H,21,24)(H,22,23)/b9-6+. The molecule has 0 atom stereocenters. The Bertz CT molecular complexity index is 745. The number of amides is 2. The van der Waals surface area contributed by atoms with Crippen LogP contribution in [0.4, 0.5) is 11.4 Å². The van der Waals surface area contributed by atoms with Crippen molar-refractivity contribution in [2.75, 3.05) is 17.2 Å². The van der Waals surface area contributed by atoms with Gasteiger partial charge in [0.15, 0.2) is 0 Å². The van der Waals surface area contributed by atoms with Crippen molar-refractivity contribution in [3.8, 4) is 0 Å². The number of benzene rings is 2. The van der Waals surface area contributed by atoms with Gasteiger partial charge in [-0.1, -0.05) is 41.9 Å². The SMILES string of the molecule is NCCC(=O)Nc1ccc(NC(=O)/C=C/c2ccccc2)c(Cl)c1. The van der Waals surface area contributed by atoms with Gasteiger partial charge in [0, 0.05) is 24.7 Å². The van der Waals surface area contributed by atoms with Gasteiger partial charge >= 0.3 is 0 Å². The van der Waals surface area contributed by atoms with E-state index in [2.05, 4.69) is 10.6 Å². The molecule has 6 heteroatoms. The van der Waals surface area contributed by atoms with Crippen molar-refractivity contribution < 1.29 is 9.59 Å². The lowest BCUT2D eigenvalue weighted by molar-refractivity contribution is -0.116. The molecular formula is C18H18ClN3O2. The predicted molar refractivity (Wildman–Crippen MR) is 97.9 cm³/mol. The van der Waals surface area contributed by atoms with Crippen molar-refractivity contribution in [2.24, 2.45) is 5.73 Å². The Balaban J connectivity index is 1.98. The number of halogens is 1. The molecule has 2 amide bonds. The van der Waals surface area contributed by atoms with Gasteiger partial charge in [-0.15, -0.1) is 0 Å². The van der Waals surface area contributed by atoms with E-state index in [-0.39, 0.29) is 24.8 Å². The van der Waals surface area contributed by atoms with Gasteiger partial charge in [-0.2, -0.15) is 0 Å². The van der Waals surface area contributed by atoms with Gasteiger partial charge in [-0.05, 0) is 29.8 Å². The molecule has 0 unspecified atom stereocenters. The van der Waals surface area contributed by atoms with Crippen LogP contribution in [-0.2, 0) is 9.59 Å². The molecule has 2 aromatic carbocycles. The summed E-state index contributed by atoms with van der Waals surface area (Å²) in [6.07, 6.45) is 3.38. The van der Waals surface area contributed by atoms with Gasteiger partial charge < -0.3 is 16.4 Å².